The van der Waals surface area contributed by atoms with E-state index >= 15 is 0 Å². The lowest BCUT2D eigenvalue weighted by molar-refractivity contribution is 0.102. The van der Waals surface area contributed by atoms with E-state index in [0.717, 1.165) is 14.7 Å². The molecule has 3 rings (SSSR count). The number of nitrogens with zero attached hydrogens (tertiary/aromatic N) is 3. The predicted octanol–water partition coefficient (Wildman–Crippen LogP) is 2.93. The van der Waals surface area contributed by atoms with Gasteiger partial charge in [-0.25, -0.2) is 9.89 Å². The largest absolute Gasteiger partial charge is 0.365 e. The number of aryl methyl sites for hydroxylation is 1. The number of hydrogen-bond donors (Lipinski definition) is 2. The number of carbonyl (C=O) groups excluding carboxylic acids is 1. The Kier molecular flexibility index (Phi) is 4.50. The lowest BCUT2D eigenvalue weighted by Gasteiger charge is -2.10. The molecule has 0 radical (unpaired) electrons. The van der Waals surface area contributed by atoms with E-state index in [2.05, 4.69) is 36.8 Å². The zero-order valence-corrected chi connectivity index (χ0v) is 14.7. The molecule has 0 saturated carbocycles. The maximum atomic E-state index is 12.4. The van der Waals surface area contributed by atoms with Crippen molar-refractivity contribution in [1.82, 2.24) is 20.2 Å². The van der Waals surface area contributed by atoms with E-state index in [1.165, 1.54) is 0 Å². The number of benzene rings is 2. The molecule has 0 aliphatic carbocycles. The topological polar surface area (TPSA) is 92.7 Å². The Balaban J connectivity index is 1.83. The second-order valence-corrected chi connectivity index (χ2v) is 6.32. The van der Waals surface area contributed by atoms with Crippen LogP contribution in [0, 0.1) is 6.92 Å². The van der Waals surface area contributed by atoms with E-state index in [9.17, 15) is 9.59 Å². The summed E-state index contributed by atoms with van der Waals surface area (Å²) in [4.78, 5) is 23.9. The maximum Gasteiger partial charge on any atom is 0.365 e. The number of rotatable bonds is 3. The molecule has 0 spiro atoms. The van der Waals surface area contributed by atoms with Crippen LogP contribution < -0.4 is 11.0 Å². The van der Waals surface area contributed by atoms with Gasteiger partial charge in [0.25, 0.3) is 5.91 Å². The SMILES string of the molecule is Cc1cc(Br)cc(Cl)c1C(=O)Nc1ccc(-n2nn[nH]c2=O)cc1. The molecule has 0 saturated heterocycles. The van der Waals surface area contributed by atoms with Gasteiger partial charge in [-0.1, -0.05) is 27.5 Å². The van der Waals surface area contributed by atoms with Crippen molar-refractivity contribution in [3.05, 3.63) is 67.5 Å². The van der Waals surface area contributed by atoms with E-state index in [0.29, 0.717) is 22.0 Å². The molecule has 1 heterocycles. The third-order valence-corrected chi connectivity index (χ3v) is 4.08. The molecule has 122 valence electrons. The highest BCUT2D eigenvalue weighted by atomic mass is 79.9. The first-order valence-corrected chi connectivity index (χ1v) is 8.00. The smallest absolute Gasteiger partial charge is 0.322 e. The minimum Gasteiger partial charge on any atom is -0.322 e. The molecular formula is C15H11BrClN5O2. The van der Waals surface area contributed by atoms with Crippen LogP contribution in [0.3, 0.4) is 0 Å². The van der Waals surface area contributed by atoms with Gasteiger partial charge in [0.05, 0.1) is 16.3 Å². The molecule has 0 unspecified atom stereocenters. The van der Waals surface area contributed by atoms with E-state index in [4.69, 9.17) is 11.6 Å². The average Bonchev–Trinajstić information content (AvgIpc) is 2.93. The van der Waals surface area contributed by atoms with Gasteiger partial charge in [0.15, 0.2) is 0 Å². The third-order valence-electron chi connectivity index (χ3n) is 3.32. The minimum atomic E-state index is -0.441. The number of anilines is 1. The van der Waals surface area contributed by atoms with Gasteiger partial charge < -0.3 is 5.32 Å². The third kappa shape index (κ3) is 3.24. The molecule has 0 atom stereocenters. The van der Waals surface area contributed by atoms with Crippen LogP contribution in [-0.2, 0) is 0 Å². The number of halogens is 2. The number of aromatic amines is 1. The first-order chi connectivity index (χ1) is 11.5. The Bertz CT molecular complexity index is 941. The number of aromatic nitrogens is 4. The second kappa shape index (κ2) is 6.58. The molecule has 0 aliphatic heterocycles. The van der Waals surface area contributed by atoms with Gasteiger partial charge in [-0.3, -0.25) is 4.79 Å². The molecule has 1 aromatic heterocycles. The van der Waals surface area contributed by atoms with Crippen LogP contribution in [0.4, 0.5) is 5.69 Å². The molecule has 3 aromatic rings. The number of carbonyl (C=O) groups is 1. The molecular weight excluding hydrogens is 398 g/mol. The summed E-state index contributed by atoms with van der Waals surface area (Å²) >= 11 is 9.50. The van der Waals surface area contributed by atoms with E-state index in [1.807, 2.05) is 13.0 Å². The highest BCUT2D eigenvalue weighted by molar-refractivity contribution is 9.10. The van der Waals surface area contributed by atoms with Crippen LogP contribution in [0.25, 0.3) is 5.69 Å². The maximum absolute atomic E-state index is 12.4. The molecule has 7 nitrogen and oxygen atoms in total. The van der Waals surface area contributed by atoms with Crippen molar-refractivity contribution in [2.75, 3.05) is 5.32 Å². The standard InChI is InChI=1S/C15H11BrClN5O2/c1-8-6-9(16)7-12(17)13(8)14(23)18-10-2-4-11(5-3-10)22-15(24)19-20-21-22/h2-7H,1H3,(H,18,23)(H,19,21,24). The number of H-pyrrole nitrogens is 1. The first-order valence-electron chi connectivity index (χ1n) is 6.83. The number of tetrazole rings is 1. The van der Waals surface area contributed by atoms with Gasteiger partial charge in [0.1, 0.15) is 0 Å². The second-order valence-electron chi connectivity index (χ2n) is 5.00. The quantitative estimate of drug-likeness (QED) is 0.697. The fraction of sp³-hybridized carbons (Fsp3) is 0.0667. The lowest BCUT2D eigenvalue weighted by Crippen LogP contribution is -2.16. The Hall–Kier alpha value is -2.45. The van der Waals surface area contributed by atoms with Crippen molar-refractivity contribution >= 4 is 39.1 Å². The highest BCUT2D eigenvalue weighted by Crippen LogP contribution is 2.26. The van der Waals surface area contributed by atoms with Crippen LogP contribution >= 0.6 is 27.5 Å². The summed E-state index contributed by atoms with van der Waals surface area (Å²) in [5, 5.41) is 12.4. The van der Waals surface area contributed by atoms with E-state index in [-0.39, 0.29) is 5.91 Å². The van der Waals surface area contributed by atoms with Crippen molar-refractivity contribution < 1.29 is 4.79 Å². The Morgan fingerprint density at radius 1 is 1.29 bits per heavy atom. The van der Waals surface area contributed by atoms with Gasteiger partial charge in [-0.05, 0) is 59.3 Å². The molecule has 0 aliphatic rings. The molecule has 9 heteroatoms. The van der Waals surface area contributed by atoms with Crippen molar-refractivity contribution in [1.29, 1.82) is 0 Å². The first kappa shape index (κ1) is 16.4. The molecule has 2 N–H and O–H groups in total. The summed E-state index contributed by atoms with van der Waals surface area (Å²) in [6, 6.07) is 10.1. The number of nitrogens with one attached hydrogen (secondary N) is 2. The summed E-state index contributed by atoms with van der Waals surface area (Å²) < 4.78 is 1.92. The van der Waals surface area contributed by atoms with Gasteiger partial charge in [-0.2, -0.15) is 4.68 Å². The summed E-state index contributed by atoms with van der Waals surface area (Å²) in [7, 11) is 0. The summed E-state index contributed by atoms with van der Waals surface area (Å²) in [6.45, 7) is 1.81. The average molecular weight is 409 g/mol. The molecule has 1 amide bonds. The molecule has 0 fully saturated rings. The van der Waals surface area contributed by atoms with Gasteiger partial charge in [0.2, 0.25) is 0 Å². The Morgan fingerprint density at radius 2 is 2.00 bits per heavy atom. The number of hydrogen-bond acceptors (Lipinski definition) is 4. The van der Waals surface area contributed by atoms with Gasteiger partial charge >= 0.3 is 5.69 Å². The van der Waals surface area contributed by atoms with Crippen LogP contribution in [-0.4, -0.2) is 26.1 Å². The van der Waals surface area contributed by atoms with Gasteiger partial charge in [-0.15, -0.1) is 0 Å². The zero-order chi connectivity index (χ0) is 17.3. The normalized spacial score (nSPS) is 10.6. The van der Waals surface area contributed by atoms with Crippen LogP contribution in [0.5, 0.6) is 0 Å². The summed E-state index contributed by atoms with van der Waals surface area (Å²) in [5.41, 5.74) is 1.83. The monoisotopic (exact) mass is 407 g/mol. The molecule has 2 aromatic carbocycles. The van der Waals surface area contributed by atoms with E-state index < -0.39 is 5.69 Å². The Labute approximate surface area is 149 Å². The van der Waals surface area contributed by atoms with Crippen LogP contribution in [0.2, 0.25) is 5.02 Å². The van der Waals surface area contributed by atoms with Crippen molar-refractivity contribution in [2.24, 2.45) is 0 Å². The summed E-state index contributed by atoms with van der Waals surface area (Å²) in [6.07, 6.45) is 0. The van der Waals surface area contributed by atoms with E-state index in [1.54, 1.807) is 30.3 Å². The minimum absolute atomic E-state index is 0.309. The van der Waals surface area contributed by atoms with Gasteiger partial charge in [0, 0.05) is 10.2 Å². The van der Waals surface area contributed by atoms with Crippen LogP contribution in [0.1, 0.15) is 15.9 Å². The van der Waals surface area contributed by atoms with Crippen LogP contribution in [0.15, 0.2) is 45.7 Å². The highest BCUT2D eigenvalue weighted by Gasteiger charge is 2.15. The fourth-order valence-corrected chi connectivity index (χ4v) is 3.29. The molecule has 0 bridgehead atoms. The van der Waals surface area contributed by atoms with Crippen molar-refractivity contribution in [3.8, 4) is 5.69 Å². The zero-order valence-electron chi connectivity index (χ0n) is 12.4. The van der Waals surface area contributed by atoms with Crippen molar-refractivity contribution in [3.63, 3.8) is 0 Å². The predicted molar refractivity (Wildman–Crippen MR) is 93.8 cm³/mol. The summed E-state index contributed by atoms with van der Waals surface area (Å²) in [5.74, 6) is -0.309. The Morgan fingerprint density at radius 3 is 2.58 bits per heavy atom. The lowest BCUT2D eigenvalue weighted by atomic mass is 10.1. The number of amides is 1. The molecule has 24 heavy (non-hydrogen) atoms. The fourth-order valence-electron chi connectivity index (χ4n) is 2.24. The van der Waals surface area contributed by atoms with Crippen molar-refractivity contribution in [2.45, 2.75) is 6.92 Å².